The summed E-state index contributed by atoms with van der Waals surface area (Å²) in [6.45, 7) is 6.31. The molecule has 0 unspecified atom stereocenters. The van der Waals surface area contributed by atoms with E-state index in [-0.39, 0.29) is 11.0 Å². The lowest BCUT2D eigenvalue weighted by molar-refractivity contribution is 0.0526. The number of ether oxygens (including phenoxy) is 2. The van der Waals surface area contributed by atoms with Gasteiger partial charge in [0.2, 0.25) is 5.88 Å². The minimum absolute atomic E-state index is 0.232. The number of hydrogen-bond acceptors (Lipinski definition) is 5. The van der Waals surface area contributed by atoms with Crippen molar-refractivity contribution in [2.75, 3.05) is 13.2 Å². The molecule has 1 heterocycles. The molecule has 1 N–H and O–H groups in total. The van der Waals surface area contributed by atoms with Crippen molar-refractivity contribution in [1.29, 1.82) is 5.26 Å². The monoisotopic (exact) mass is 325 g/mol. The molecule has 0 fully saturated rings. The maximum Gasteiger partial charge on any atom is 0.407 e. The smallest absolute Gasteiger partial charge is 0.407 e. The Labute approximate surface area is 135 Å². The van der Waals surface area contributed by atoms with Gasteiger partial charge in [-0.05, 0) is 45.7 Å². The van der Waals surface area contributed by atoms with Gasteiger partial charge in [-0.2, -0.15) is 5.26 Å². The average Bonchev–Trinajstić information content (AvgIpc) is 2.41. The first kappa shape index (κ1) is 18.1. The van der Waals surface area contributed by atoms with Crippen molar-refractivity contribution < 1.29 is 14.3 Å². The normalized spacial score (nSPS) is 10.7. The van der Waals surface area contributed by atoms with Crippen LogP contribution in [0, 0.1) is 11.3 Å². The lowest BCUT2D eigenvalue weighted by Crippen LogP contribution is -2.33. The number of carbonyl (C=O) groups excluding carboxylic acids is 1. The number of pyridine rings is 1. The van der Waals surface area contributed by atoms with Gasteiger partial charge < -0.3 is 14.8 Å². The molecule has 0 saturated carbocycles. The first-order chi connectivity index (χ1) is 10.3. The Morgan fingerprint density at radius 2 is 2.14 bits per heavy atom. The van der Waals surface area contributed by atoms with Crippen molar-refractivity contribution in [3.05, 3.63) is 22.8 Å². The molecule has 0 aliphatic carbocycles. The van der Waals surface area contributed by atoms with Crippen molar-refractivity contribution in [2.45, 2.75) is 39.2 Å². The summed E-state index contributed by atoms with van der Waals surface area (Å²) in [4.78, 5) is 15.4. The van der Waals surface area contributed by atoms with Crippen LogP contribution in [0.4, 0.5) is 4.79 Å². The van der Waals surface area contributed by atoms with Crippen molar-refractivity contribution in [1.82, 2.24) is 10.3 Å². The Hall–Kier alpha value is -2.00. The number of nitriles is 1. The van der Waals surface area contributed by atoms with Crippen LogP contribution in [0.1, 0.15) is 39.2 Å². The zero-order valence-corrected chi connectivity index (χ0v) is 13.7. The predicted octanol–water partition coefficient (Wildman–Crippen LogP) is 3.29. The highest BCUT2D eigenvalue weighted by Crippen LogP contribution is 2.18. The highest BCUT2D eigenvalue weighted by Gasteiger charge is 2.15. The zero-order valence-electron chi connectivity index (χ0n) is 13.0. The molecular weight excluding hydrogens is 306 g/mol. The van der Waals surface area contributed by atoms with Crippen LogP contribution in [-0.2, 0) is 4.74 Å². The van der Waals surface area contributed by atoms with Gasteiger partial charge in [-0.15, -0.1) is 0 Å². The van der Waals surface area contributed by atoms with E-state index in [0.717, 1.165) is 6.42 Å². The fraction of sp³-hybridized carbons (Fsp3) is 0.533. The second kappa shape index (κ2) is 8.44. The predicted molar refractivity (Wildman–Crippen MR) is 82.9 cm³/mol. The number of carbonyl (C=O) groups is 1. The van der Waals surface area contributed by atoms with E-state index in [1.54, 1.807) is 6.07 Å². The molecule has 1 aromatic rings. The lowest BCUT2D eigenvalue weighted by atomic mass is 10.2. The first-order valence-corrected chi connectivity index (χ1v) is 7.36. The molecule has 1 amide bonds. The molecule has 0 spiro atoms. The van der Waals surface area contributed by atoms with Crippen LogP contribution in [0.2, 0.25) is 5.15 Å². The molecule has 1 aromatic heterocycles. The van der Waals surface area contributed by atoms with E-state index in [2.05, 4.69) is 10.3 Å². The Morgan fingerprint density at radius 3 is 2.77 bits per heavy atom. The van der Waals surface area contributed by atoms with Gasteiger partial charge in [-0.25, -0.2) is 9.78 Å². The third kappa shape index (κ3) is 7.14. The number of amides is 1. The molecule has 0 aliphatic rings. The van der Waals surface area contributed by atoms with Crippen molar-refractivity contribution in [2.24, 2.45) is 0 Å². The van der Waals surface area contributed by atoms with Crippen molar-refractivity contribution in [3.63, 3.8) is 0 Å². The third-order valence-corrected chi connectivity index (χ3v) is 2.64. The van der Waals surface area contributed by atoms with Crippen LogP contribution in [-0.4, -0.2) is 29.8 Å². The minimum atomic E-state index is -0.501. The molecule has 0 bridgehead atoms. The van der Waals surface area contributed by atoms with E-state index < -0.39 is 11.7 Å². The number of unbranched alkanes of at least 4 members (excludes halogenated alkanes) is 1. The summed E-state index contributed by atoms with van der Waals surface area (Å²) in [5, 5.41) is 11.9. The molecule has 120 valence electrons. The molecule has 6 nitrogen and oxygen atoms in total. The third-order valence-electron chi connectivity index (χ3n) is 2.42. The van der Waals surface area contributed by atoms with E-state index in [0.29, 0.717) is 25.1 Å². The van der Waals surface area contributed by atoms with Crippen LogP contribution in [0.25, 0.3) is 0 Å². The number of hydrogen-bond donors (Lipinski definition) is 1. The van der Waals surface area contributed by atoms with Crippen LogP contribution in [0.5, 0.6) is 5.88 Å². The van der Waals surface area contributed by atoms with Crippen molar-refractivity contribution in [3.8, 4) is 11.9 Å². The van der Waals surface area contributed by atoms with Crippen LogP contribution in [0.3, 0.4) is 0 Å². The van der Waals surface area contributed by atoms with Gasteiger partial charge in [-0.3, -0.25) is 0 Å². The van der Waals surface area contributed by atoms with Gasteiger partial charge in [0.1, 0.15) is 22.4 Å². The highest BCUT2D eigenvalue weighted by atomic mass is 35.5. The number of nitrogens with zero attached hydrogens (tertiary/aromatic N) is 2. The van der Waals surface area contributed by atoms with Gasteiger partial charge >= 0.3 is 6.09 Å². The summed E-state index contributed by atoms with van der Waals surface area (Å²) in [5.74, 6) is 0.232. The second-order valence-electron chi connectivity index (χ2n) is 5.58. The maximum absolute atomic E-state index is 11.4. The molecule has 0 atom stereocenters. The molecule has 0 saturated heterocycles. The summed E-state index contributed by atoms with van der Waals surface area (Å²) in [6.07, 6.45) is 0.994. The van der Waals surface area contributed by atoms with E-state index in [9.17, 15) is 4.79 Å². The molecule has 0 aliphatic heterocycles. The number of halogens is 1. The van der Waals surface area contributed by atoms with E-state index in [1.165, 1.54) is 6.07 Å². The first-order valence-electron chi connectivity index (χ1n) is 6.98. The van der Waals surface area contributed by atoms with Crippen LogP contribution < -0.4 is 10.1 Å². The Morgan fingerprint density at radius 1 is 1.41 bits per heavy atom. The van der Waals surface area contributed by atoms with E-state index in [1.807, 2.05) is 26.8 Å². The molecule has 0 radical (unpaired) electrons. The zero-order chi connectivity index (χ0) is 16.6. The lowest BCUT2D eigenvalue weighted by Gasteiger charge is -2.19. The molecule has 22 heavy (non-hydrogen) atoms. The molecule has 1 rings (SSSR count). The maximum atomic E-state index is 11.4. The fourth-order valence-electron chi connectivity index (χ4n) is 1.51. The summed E-state index contributed by atoms with van der Waals surface area (Å²) in [6, 6.07) is 5.10. The number of rotatable bonds is 6. The molecule has 0 aromatic carbocycles. The van der Waals surface area contributed by atoms with Crippen molar-refractivity contribution >= 4 is 17.7 Å². The Balaban J connectivity index is 2.23. The van der Waals surface area contributed by atoms with E-state index >= 15 is 0 Å². The minimum Gasteiger partial charge on any atom is -0.477 e. The molecule has 7 heteroatoms. The fourth-order valence-corrected chi connectivity index (χ4v) is 1.65. The standard InChI is InChI=1S/C15H20ClN3O3/c1-15(2,3)22-14(20)18-8-4-5-9-21-13-11(10-17)6-7-12(16)19-13/h6-7H,4-5,8-9H2,1-3H3,(H,18,20). The van der Waals surface area contributed by atoms with Gasteiger partial charge in [0.15, 0.2) is 0 Å². The summed E-state index contributed by atoms with van der Waals surface area (Å²) < 4.78 is 10.5. The Bertz CT molecular complexity index is 550. The Kier molecular flexibility index (Phi) is 6.93. The number of aromatic nitrogens is 1. The van der Waals surface area contributed by atoms with Gasteiger partial charge in [0.25, 0.3) is 0 Å². The average molecular weight is 326 g/mol. The second-order valence-corrected chi connectivity index (χ2v) is 5.97. The molecular formula is C15H20ClN3O3. The van der Waals surface area contributed by atoms with Gasteiger partial charge in [0.05, 0.1) is 6.61 Å². The van der Waals surface area contributed by atoms with Crippen LogP contribution >= 0.6 is 11.6 Å². The SMILES string of the molecule is CC(C)(C)OC(=O)NCCCCOc1nc(Cl)ccc1C#N. The summed E-state index contributed by atoms with van der Waals surface area (Å²) >= 11 is 5.76. The van der Waals surface area contributed by atoms with Gasteiger partial charge in [0, 0.05) is 6.54 Å². The number of nitrogens with one attached hydrogen (secondary N) is 1. The topological polar surface area (TPSA) is 84.2 Å². The highest BCUT2D eigenvalue weighted by molar-refractivity contribution is 6.29. The summed E-state index contributed by atoms with van der Waals surface area (Å²) in [7, 11) is 0. The quantitative estimate of drug-likeness (QED) is 0.641. The largest absolute Gasteiger partial charge is 0.477 e. The summed E-state index contributed by atoms with van der Waals surface area (Å²) in [5.41, 5.74) is -0.157. The number of alkyl carbamates (subject to hydrolysis) is 1. The van der Waals surface area contributed by atoms with Gasteiger partial charge in [-0.1, -0.05) is 11.6 Å². The van der Waals surface area contributed by atoms with Crippen LogP contribution in [0.15, 0.2) is 12.1 Å². The van der Waals surface area contributed by atoms with E-state index in [4.69, 9.17) is 26.3 Å².